The van der Waals surface area contributed by atoms with Crippen LogP contribution in [0, 0.1) is 0 Å². The molecule has 134 valence electrons. The smallest absolute Gasteiger partial charge is 0.266 e. The molecule has 0 radical (unpaired) electrons. The Bertz CT molecular complexity index is 942. The van der Waals surface area contributed by atoms with Crippen LogP contribution in [0.1, 0.15) is 40.7 Å². The van der Waals surface area contributed by atoms with Crippen LogP contribution in [0.5, 0.6) is 5.75 Å². The molecule has 0 saturated heterocycles. The van der Waals surface area contributed by atoms with E-state index in [0.29, 0.717) is 17.4 Å². The topological polar surface area (TPSA) is 109 Å². The Balaban J connectivity index is 0.000000160. The van der Waals surface area contributed by atoms with E-state index in [9.17, 15) is 4.79 Å². The molecule has 1 fully saturated rings. The van der Waals surface area contributed by atoms with Crippen molar-refractivity contribution in [1.29, 1.82) is 0 Å². The number of nitrogens with two attached hydrogens (primary N) is 1. The summed E-state index contributed by atoms with van der Waals surface area (Å²) in [6.07, 6.45) is 4.87. The highest BCUT2D eigenvalue weighted by Crippen LogP contribution is 2.39. The molecule has 5 rings (SSSR count). The van der Waals surface area contributed by atoms with Crippen molar-refractivity contribution in [3.8, 4) is 17.1 Å². The average Bonchev–Trinajstić information content (AvgIpc) is 3.04. The predicted octanol–water partition coefficient (Wildman–Crippen LogP) is 2.07. The normalized spacial score (nSPS) is 15.0. The molecule has 8 heteroatoms. The number of rotatable bonds is 3. The van der Waals surface area contributed by atoms with Gasteiger partial charge in [0.15, 0.2) is 0 Å². The lowest BCUT2D eigenvalue weighted by atomic mass is 10.1. The fourth-order valence-electron chi connectivity index (χ4n) is 2.77. The van der Waals surface area contributed by atoms with Crippen molar-refractivity contribution in [2.24, 2.45) is 12.8 Å². The molecule has 0 spiro atoms. The van der Waals surface area contributed by atoms with E-state index in [2.05, 4.69) is 21.3 Å². The third-order valence-corrected chi connectivity index (χ3v) is 4.40. The van der Waals surface area contributed by atoms with Crippen molar-refractivity contribution in [1.82, 2.24) is 19.9 Å². The Morgan fingerprint density at radius 1 is 1.31 bits per heavy atom. The minimum atomic E-state index is -0.449. The zero-order valence-electron chi connectivity index (χ0n) is 14.4. The first kappa shape index (κ1) is 16.3. The monoisotopic (exact) mass is 353 g/mol. The standard InChI is InChI=1S/C13H12N2O2.C5H7N3O/c1-4-10(7-11-8(1)5-6-16-11)12-14-13(17-15-12)9-2-3-9;1-8-4(5(6)9)2-3-7-8/h1,4,7,9H,2-3,5-6H2;2-3H,1H3,(H2,6,9). The number of fused-ring (bicyclic) bond motifs is 1. The summed E-state index contributed by atoms with van der Waals surface area (Å²) in [4.78, 5) is 14.9. The maximum atomic E-state index is 10.4. The highest BCUT2D eigenvalue weighted by atomic mass is 16.5. The van der Waals surface area contributed by atoms with Crippen LogP contribution in [0.25, 0.3) is 11.4 Å². The molecule has 2 aromatic heterocycles. The fraction of sp³-hybridized carbons (Fsp3) is 0.333. The average molecular weight is 353 g/mol. The lowest BCUT2D eigenvalue weighted by Crippen LogP contribution is -2.15. The minimum absolute atomic E-state index is 0.426. The summed E-state index contributed by atoms with van der Waals surface area (Å²) < 4.78 is 12.2. The summed E-state index contributed by atoms with van der Waals surface area (Å²) in [6.45, 7) is 0.776. The van der Waals surface area contributed by atoms with E-state index >= 15 is 0 Å². The Kier molecular flexibility index (Phi) is 4.16. The van der Waals surface area contributed by atoms with E-state index in [1.807, 2.05) is 12.1 Å². The molecule has 0 atom stereocenters. The second-order valence-electron chi connectivity index (χ2n) is 6.36. The number of nitrogens with zero attached hydrogens (tertiary/aromatic N) is 4. The molecule has 1 aliphatic carbocycles. The molecule has 3 aromatic rings. The first-order chi connectivity index (χ1) is 12.6. The van der Waals surface area contributed by atoms with Crippen LogP contribution in [-0.4, -0.2) is 32.4 Å². The van der Waals surface area contributed by atoms with Crippen molar-refractivity contribution < 1.29 is 14.1 Å². The van der Waals surface area contributed by atoms with Crippen LogP contribution in [0.3, 0.4) is 0 Å². The van der Waals surface area contributed by atoms with Gasteiger partial charge in [0.2, 0.25) is 11.7 Å². The Hall–Kier alpha value is -3.16. The van der Waals surface area contributed by atoms with Crippen molar-refractivity contribution in [2.75, 3.05) is 6.61 Å². The van der Waals surface area contributed by atoms with Crippen LogP contribution < -0.4 is 10.5 Å². The van der Waals surface area contributed by atoms with Crippen LogP contribution in [0.2, 0.25) is 0 Å². The van der Waals surface area contributed by atoms with Gasteiger partial charge >= 0.3 is 0 Å². The minimum Gasteiger partial charge on any atom is -0.493 e. The highest BCUT2D eigenvalue weighted by molar-refractivity contribution is 5.90. The number of hydrogen-bond donors (Lipinski definition) is 1. The number of carbonyl (C=O) groups excluding carboxylic acids is 1. The highest BCUT2D eigenvalue weighted by Gasteiger charge is 2.29. The summed E-state index contributed by atoms with van der Waals surface area (Å²) in [6, 6.07) is 7.70. The molecule has 3 heterocycles. The number of aryl methyl sites for hydroxylation is 1. The van der Waals surface area contributed by atoms with Crippen LogP contribution in [0.15, 0.2) is 35.0 Å². The van der Waals surface area contributed by atoms with Crippen molar-refractivity contribution in [3.05, 3.63) is 47.6 Å². The van der Waals surface area contributed by atoms with Gasteiger partial charge in [0.25, 0.3) is 5.91 Å². The molecule has 2 N–H and O–H groups in total. The van der Waals surface area contributed by atoms with Gasteiger partial charge in [-0.1, -0.05) is 17.3 Å². The van der Waals surface area contributed by atoms with E-state index in [-0.39, 0.29) is 0 Å². The Morgan fingerprint density at radius 2 is 2.15 bits per heavy atom. The lowest BCUT2D eigenvalue weighted by molar-refractivity contribution is 0.0991. The molecule has 1 saturated carbocycles. The van der Waals surface area contributed by atoms with Crippen molar-refractivity contribution >= 4 is 5.91 Å². The van der Waals surface area contributed by atoms with Gasteiger partial charge < -0.3 is 15.0 Å². The molecule has 0 bridgehead atoms. The Morgan fingerprint density at radius 3 is 2.81 bits per heavy atom. The zero-order chi connectivity index (χ0) is 18.1. The molecule has 26 heavy (non-hydrogen) atoms. The number of hydrogen-bond acceptors (Lipinski definition) is 6. The molecule has 2 aliphatic rings. The van der Waals surface area contributed by atoms with Gasteiger partial charge in [0.05, 0.1) is 6.61 Å². The van der Waals surface area contributed by atoms with Crippen LogP contribution in [0.4, 0.5) is 0 Å². The van der Waals surface area contributed by atoms with Gasteiger partial charge in [-0.05, 0) is 30.5 Å². The van der Waals surface area contributed by atoms with E-state index in [4.69, 9.17) is 15.0 Å². The SMILES string of the molecule is Cn1nccc1C(N)=O.c1cc2c(cc1-c1noc(C3CC3)n1)OCC2. The number of aromatic nitrogens is 4. The van der Waals surface area contributed by atoms with E-state index in [1.54, 1.807) is 13.1 Å². The van der Waals surface area contributed by atoms with E-state index in [0.717, 1.165) is 30.2 Å². The molecule has 8 nitrogen and oxygen atoms in total. The maximum absolute atomic E-state index is 10.4. The second-order valence-corrected chi connectivity index (χ2v) is 6.36. The number of ether oxygens (including phenoxy) is 1. The summed E-state index contributed by atoms with van der Waals surface area (Å²) in [7, 11) is 1.67. The summed E-state index contributed by atoms with van der Waals surface area (Å²) >= 11 is 0. The third-order valence-electron chi connectivity index (χ3n) is 4.40. The van der Waals surface area contributed by atoms with Gasteiger partial charge in [-0.25, -0.2) is 0 Å². The first-order valence-corrected chi connectivity index (χ1v) is 8.49. The molecular formula is C18H19N5O3. The molecule has 1 amide bonds. The first-order valence-electron chi connectivity index (χ1n) is 8.49. The van der Waals surface area contributed by atoms with Gasteiger partial charge in [-0.3, -0.25) is 9.48 Å². The number of primary amides is 1. The van der Waals surface area contributed by atoms with Gasteiger partial charge in [-0.15, -0.1) is 0 Å². The number of carbonyl (C=O) groups is 1. The molecular weight excluding hydrogens is 334 g/mol. The van der Waals surface area contributed by atoms with E-state index in [1.165, 1.54) is 29.3 Å². The van der Waals surface area contributed by atoms with Crippen LogP contribution >= 0.6 is 0 Å². The van der Waals surface area contributed by atoms with Crippen LogP contribution in [-0.2, 0) is 13.5 Å². The lowest BCUT2D eigenvalue weighted by Gasteiger charge is -1.99. The predicted molar refractivity (Wildman–Crippen MR) is 92.6 cm³/mol. The summed E-state index contributed by atoms with van der Waals surface area (Å²) in [5.74, 6) is 2.46. The van der Waals surface area contributed by atoms with Gasteiger partial charge in [-0.2, -0.15) is 10.1 Å². The second kappa shape index (κ2) is 6.62. The number of benzene rings is 1. The van der Waals surface area contributed by atoms with Gasteiger partial charge in [0.1, 0.15) is 11.4 Å². The quantitative estimate of drug-likeness (QED) is 0.772. The van der Waals surface area contributed by atoms with E-state index < -0.39 is 5.91 Å². The van der Waals surface area contributed by atoms with Crippen molar-refractivity contribution in [2.45, 2.75) is 25.2 Å². The number of amides is 1. The molecule has 1 aromatic carbocycles. The molecule has 1 aliphatic heterocycles. The Labute approximate surface area is 150 Å². The van der Waals surface area contributed by atoms with Crippen molar-refractivity contribution in [3.63, 3.8) is 0 Å². The fourth-order valence-corrected chi connectivity index (χ4v) is 2.77. The summed E-state index contributed by atoms with van der Waals surface area (Å²) in [5.41, 5.74) is 7.62. The maximum Gasteiger partial charge on any atom is 0.266 e. The largest absolute Gasteiger partial charge is 0.493 e. The van der Waals surface area contributed by atoms with Gasteiger partial charge in [0, 0.05) is 31.1 Å². The molecule has 0 unspecified atom stereocenters. The zero-order valence-corrected chi connectivity index (χ0v) is 14.4. The third kappa shape index (κ3) is 3.30. The summed E-state index contributed by atoms with van der Waals surface area (Å²) in [5, 5.41) is 7.79.